The minimum Gasteiger partial charge on any atom is -0.507 e. The van der Waals surface area contributed by atoms with Crippen molar-refractivity contribution in [3.63, 3.8) is 0 Å². The fourth-order valence-electron chi connectivity index (χ4n) is 3.98. The average molecular weight is 400 g/mol. The monoisotopic (exact) mass is 400 g/mol. The lowest BCUT2D eigenvalue weighted by atomic mass is 9.76. The first-order valence-corrected chi connectivity index (χ1v) is 9.34. The normalized spacial score (nSPS) is 19.0. The summed E-state index contributed by atoms with van der Waals surface area (Å²) in [6, 6.07) is 0. The van der Waals surface area contributed by atoms with Gasteiger partial charge in [-0.3, -0.25) is 9.68 Å². The number of benzene rings is 1. The maximum absolute atomic E-state index is 13.3. The Morgan fingerprint density at radius 2 is 2.03 bits per heavy atom. The lowest BCUT2D eigenvalue weighted by molar-refractivity contribution is -0.183. The maximum atomic E-state index is 13.3. The number of hydrogen-bond donors (Lipinski definition) is 2. The third kappa shape index (κ3) is 3.42. The Kier molecular flexibility index (Phi) is 5.79. The Labute approximate surface area is 168 Å². The van der Waals surface area contributed by atoms with Crippen molar-refractivity contribution in [2.75, 3.05) is 13.7 Å². The second-order valence-corrected chi connectivity index (χ2v) is 7.09. The highest BCUT2D eigenvalue weighted by Gasteiger charge is 2.38. The Bertz CT molecular complexity index is 966. The minimum absolute atomic E-state index is 0.0111. The van der Waals surface area contributed by atoms with Gasteiger partial charge in [0, 0.05) is 11.1 Å². The number of phenolic OH excluding ortho intramolecular Hbond substituents is 1. The van der Waals surface area contributed by atoms with Crippen LogP contribution in [0.4, 0.5) is 0 Å². The van der Waals surface area contributed by atoms with E-state index in [0.717, 1.165) is 5.57 Å². The smallest absolute Gasteiger partial charge is 0.376 e. The van der Waals surface area contributed by atoms with Crippen LogP contribution in [-0.4, -0.2) is 35.8 Å². The van der Waals surface area contributed by atoms with Crippen LogP contribution in [0.3, 0.4) is 0 Å². The average Bonchev–Trinajstić information content (AvgIpc) is 2.72. The molecule has 0 aromatic heterocycles. The molecule has 0 bridgehead atoms. The van der Waals surface area contributed by atoms with Crippen LogP contribution in [0.2, 0.25) is 0 Å². The zero-order valence-corrected chi connectivity index (χ0v) is 16.9. The van der Waals surface area contributed by atoms with Crippen LogP contribution in [0.5, 0.6) is 11.5 Å². The van der Waals surface area contributed by atoms with E-state index in [-0.39, 0.29) is 35.0 Å². The van der Waals surface area contributed by atoms with Crippen molar-refractivity contribution in [1.29, 1.82) is 0 Å². The number of methoxy groups -OCH3 is 1. The molecule has 0 saturated carbocycles. The van der Waals surface area contributed by atoms with E-state index >= 15 is 0 Å². The van der Waals surface area contributed by atoms with Crippen LogP contribution in [0.1, 0.15) is 52.7 Å². The molecule has 1 heterocycles. The summed E-state index contributed by atoms with van der Waals surface area (Å²) in [6.07, 6.45) is 6.62. The van der Waals surface area contributed by atoms with Gasteiger partial charge in [-0.15, -0.1) is 0 Å². The number of ketones is 1. The zero-order chi connectivity index (χ0) is 21.3. The molecule has 0 fully saturated rings. The minimum atomic E-state index is -1.01. The first-order chi connectivity index (χ1) is 13.8. The lowest BCUT2D eigenvalue weighted by Crippen LogP contribution is -2.26. The number of phenols is 1. The maximum Gasteiger partial charge on any atom is 0.376 e. The van der Waals surface area contributed by atoms with E-state index in [1.165, 1.54) is 7.11 Å². The summed E-state index contributed by atoms with van der Waals surface area (Å²) in [4.78, 5) is 29.3. The molecule has 3 rings (SSSR count). The van der Waals surface area contributed by atoms with Crippen molar-refractivity contribution >= 4 is 11.8 Å². The van der Waals surface area contributed by atoms with Gasteiger partial charge >= 0.3 is 5.97 Å². The van der Waals surface area contributed by atoms with E-state index in [1.807, 2.05) is 25.2 Å². The van der Waals surface area contributed by atoms with Crippen LogP contribution in [-0.2, 0) is 14.4 Å². The highest BCUT2D eigenvalue weighted by molar-refractivity contribution is 6.05. The molecule has 29 heavy (non-hydrogen) atoms. The van der Waals surface area contributed by atoms with E-state index < -0.39 is 11.9 Å². The molecule has 0 spiro atoms. The SMILES string of the molecule is CC=CC1=CC2=C(CO1)C(=O)[C@@H](c1c(O)c(C)c(C)c(C(=O)OO)c1OC)CC2. The molecule has 1 aromatic rings. The molecule has 1 atom stereocenters. The summed E-state index contributed by atoms with van der Waals surface area (Å²) in [5.41, 5.74) is 2.52. The number of carbonyl (C=O) groups is 2. The van der Waals surface area contributed by atoms with Crippen molar-refractivity contribution in [3.8, 4) is 11.5 Å². The predicted molar refractivity (Wildman–Crippen MR) is 105 cm³/mol. The van der Waals surface area contributed by atoms with E-state index in [0.29, 0.717) is 35.3 Å². The molecule has 1 aromatic carbocycles. The first kappa shape index (κ1) is 20.7. The van der Waals surface area contributed by atoms with Gasteiger partial charge in [0.1, 0.15) is 29.4 Å². The summed E-state index contributed by atoms with van der Waals surface area (Å²) >= 11 is 0. The molecule has 154 valence electrons. The second kappa shape index (κ2) is 8.13. The Hall–Kier alpha value is -3.06. The van der Waals surface area contributed by atoms with Gasteiger partial charge < -0.3 is 14.6 Å². The molecule has 0 amide bonds. The number of rotatable bonds is 4. The molecule has 2 N–H and O–H groups in total. The number of aromatic hydroxyl groups is 1. The fraction of sp³-hybridized carbons (Fsp3) is 0.364. The number of allylic oxidation sites excluding steroid dienone is 4. The predicted octanol–water partition coefficient (Wildman–Crippen LogP) is 3.88. The molecule has 2 aliphatic rings. The van der Waals surface area contributed by atoms with Crippen molar-refractivity contribution in [3.05, 3.63) is 57.4 Å². The molecule has 1 aliphatic carbocycles. The topological polar surface area (TPSA) is 102 Å². The third-order valence-electron chi connectivity index (χ3n) is 5.59. The molecule has 7 nitrogen and oxygen atoms in total. The van der Waals surface area contributed by atoms with Crippen LogP contribution in [0.15, 0.2) is 35.1 Å². The van der Waals surface area contributed by atoms with E-state index in [2.05, 4.69) is 4.89 Å². The molecular formula is C22H24O7. The van der Waals surface area contributed by atoms with E-state index in [1.54, 1.807) is 13.8 Å². The summed E-state index contributed by atoms with van der Waals surface area (Å²) < 4.78 is 11.1. The Balaban J connectivity index is 2.14. The van der Waals surface area contributed by atoms with Crippen molar-refractivity contribution in [2.24, 2.45) is 0 Å². The standard InChI is InChI=1S/C22H24O7/c1-5-6-14-9-13-7-8-15(20(24)16(13)10-28-14)18-19(23)12(3)11(2)17(21(18)27-4)22(25)29-26/h5-6,9,15,23,26H,7-8,10H2,1-4H3/t15-/m1/s1. The van der Waals surface area contributed by atoms with Crippen molar-refractivity contribution in [1.82, 2.24) is 0 Å². The lowest BCUT2D eigenvalue weighted by Gasteiger charge is -2.30. The molecule has 7 heteroatoms. The van der Waals surface area contributed by atoms with Crippen LogP contribution in [0.25, 0.3) is 0 Å². The van der Waals surface area contributed by atoms with Gasteiger partial charge in [0.05, 0.1) is 13.0 Å². The van der Waals surface area contributed by atoms with Gasteiger partial charge in [-0.05, 0) is 62.5 Å². The summed E-state index contributed by atoms with van der Waals surface area (Å²) in [5, 5.41) is 19.7. The van der Waals surface area contributed by atoms with Gasteiger partial charge in [-0.1, -0.05) is 6.08 Å². The zero-order valence-electron chi connectivity index (χ0n) is 16.9. The van der Waals surface area contributed by atoms with Crippen LogP contribution < -0.4 is 4.74 Å². The van der Waals surface area contributed by atoms with Crippen molar-refractivity contribution in [2.45, 2.75) is 39.5 Å². The molecule has 1 aliphatic heterocycles. The third-order valence-corrected chi connectivity index (χ3v) is 5.59. The highest BCUT2D eigenvalue weighted by atomic mass is 17.1. The quantitative estimate of drug-likeness (QED) is 0.584. The van der Waals surface area contributed by atoms with Gasteiger partial charge in [-0.2, -0.15) is 5.26 Å². The largest absolute Gasteiger partial charge is 0.507 e. The fourth-order valence-corrected chi connectivity index (χ4v) is 3.98. The number of hydrogen-bond acceptors (Lipinski definition) is 7. The first-order valence-electron chi connectivity index (χ1n) is 9.34. The number of carbonyl (C=O) groups excluding carboxylic acids is 2. The Morgan fingerprint density at radius 1 is 1.31 bits per heavy atom. The molecule has 0 saturated heterocycles. The molecule has 0 unspecified atom stereocenters. The van der Waals surface area contributed by atoms with E-state index in [9.17, 15) is 14.7 Å². The second-order valence-electron chi connectivity index (χ2n) is 7.09. The molecular weight excluding hydrogens is 376 g/mol. The summed E-state index contributed by atoms with van der Waals surface area (Å²) in [7, 11) is 1.34. The highest BCUT2D eigenvalue weighted by Crippen LogP contribution is 2.47. The van der Waals surface area contributed by atoms with Crippen molar-refractivity contribution < 1.29 is 34.3 Å². The van der Waals surface area contributed by atoms with Gasteiger partial charge in [0.25, 0.3) is 0 Å². The number of ether oxygens (including phenoxy) is 2. The van der Waals surface area contributed by atoms with Crippen LogP contribution in [0, 0.1) is 13.8 Å². The van der Waals surface area contributed by atoms with E-state index in [4.69, 9.17) is 14.7 Å². The summed E-state index contributed by atoms with van der Waals surface area (Å²) in [6.45, 7) is 5.29. The van der Waals surface area contributed by atoms with Gasteiger partial charge in [0.15, 0.2) is 5.78 Å². The molecule has 0 radical (unpaired) electrons. The Morgan fingerprint density at radius 3 is 2.66 bits per heavy atom. The summed E-state index contributed by atoms with van der Waals surface area (Å²) in [5.74, 6) is -1.24. The van der Waals surface area contributed by atoms with Gasteiger partial charge in [-0.25, -0.2) is 4.79 Å². The van der Waals surface area contributed by atoms with Crippen LogP contribution >= 0.6 is 0 Å². The van der Waals surface area contributed by atoms with Gasteiger partial charge in [0.2, 0.25) is 0 Å². The number of Topliss-reactive ketones (excluding diaryl/α,β-unsaturated/α-hetero) is 1.